The van der Waals surface area contributed by atoms with Gasteiger partial charge in [-0.05, 0) is 71.6 Å². The molecular weight excluding hydrogens is 290 g/mol. The van der Waals surface area contributed by atoms with Crippen LogP contribution in [0.1, 0.15) is 31.2 Å². The van der Waals surface area contributed by atoms with Crippen molar-refractivity contribution in [3.63, 3.8) is 0 Å². The zero-order valence-corrected chi connectivity index (χ0v) is 12.2. The molecule has 0 aromatic heterocycles. The fourth-order valence-electron chi connectivity index (χ4n) is 3.51. The molecule has 0 radical (unpaired) electrons. The van der Waals surface area contributed by atoms with E-state index in [1.165, 1.54) is 24.8 Å². The number of nitrogens with one attached hydrogen (secondary N) is 1. The number of halogens is 1. The first-order valence-corrected chi connectivity index (χ1v) is 7.50. The Labute approximate surface area is 116 Å². The van der Waals surface area contributed by atoms with E-state index >= 15 is 0 Å². The van der Waals surface area contributed by atoms with Gasteiger partial charge >= 0.3 is 0 Å². The maximum Gasteiger partial charge on any atom is 0.227 e. The minimum atomic E-state index is 0.215. The zero-order chi connectivity index (χ0) is 12.7. The van der Waals surface area contributed by atoms with Gasteiger partial charge in [-0.25, -0.2) is 0 Å². The van der Waals surface area contributed by atoms with Gasteiger partial charge in [-0.15, -0.1) is 0 Å². The fourth-order valence-corrected chi connectivity index (χ4v) is 4.11. The molecule has 2 bridgehead atoms. The van der Waals surface area contributed by atoms with Crippen molar-refractivity contribution in [2.45, 2.75) is 32.6 Å². The molecule has 0 aliphatic heterocycles. The van der Waals surface area contributed by atoms with Gasteiger partial charge in [0.25, 0.3) is 0 Å². The van der Waals surface area contributed by atoms with Crippen molar-refractivity contribution in [2.24, 2.45) is 17.8 Å². The monoisotopic (exact) mass is 307 g/mol. The highest BCUT2D eigenvalue weighted by Crippen LogP contribution is 2.48. The van der Waals surface area contributed by atoms with Crippen molar-refractivity contribution >= 4 is 27.5 Å². The Morgan fingerprint density at radius 3 is 2.78 bits per heavy atom. The lowest BCUT2D eigenvalue weighted by atomic mass is 9.88. The summed E-state index contributed by atoms with van der Waals surface area (Å²) >= 11 is 3.51. The van der Waals surface area contributed by atoms with E-state index in [4.69, 9.17) is 0 Å². The van der Waals surface area contributed by atoms with Crippen LogP contribution in [0.25, 0.3) is 0 Å². The third-order valence-electron chi connectivity index (χ3n) is 4.46. The van der Waals surface area contributed by atoms with Gasteiger partial charge in [0.15, 0.2) is 0 Å². The topological polar surface area (TPSA) is 29.1 Å². The Morgan fingerprint density at radius 2 is 2.17 bits per heavy atom. The van der Waals surface area contributed by atoms with Crippen LogP contribution >= 0.6 is 15.9 Å². The predicted octanol–water partition coefficient (Wildman–Crippen LogP) is 4.13. The highest BCUT2D eigenvalue weighted by Gasteiger charge is 2.43. The lowest BCUT2D eigenvalue weighted by Gasteiger charge is -2.21. The van der Waals surface area contributed by atoms with E-state index in [-0.39, 0.29) is 11.8 Å². The normalized spacial score (nSPS) is 29.6. The van der Waals surface area contributed by atoms with E-state index in [0.717, 1.165) is 22.5 Å². The van der Waals surface area contributed by atoms with Gasteiger partial charge in [-0.2, -0.15) is 0 Å². The molecule has 1 aromatic rings. The zero-order valence-electron chi connectivity index (χ0n) is 10.6. The summed E-state index contributed by atoms with van der Waals surface area (Å²) in [5, 5.41) is 3.08. The second-order valence-corrected chi connectivity index (χ2v) is 6.61. The second kappa shape index (κ2) is 4.69. The number of carbonyl (C=O) groups is 1. The average molecular weight is 308 g/mol. The molecule has 3 atom stereocenters. The molecule has 2 aliphatic carbocycles. The molecule has 18 heavy (non-hydrogen) atoms. The van der Waals surface area contributed by atoms with Crippen LogP contribution < -0.4 is 5.32 Å². The molecule has 3 heteroatoms. The van der Waals surface area contributed by atoms with E-state index in [2.05, 4.69) is 21.2 Å². The molecule has 2 nitrogen and oxygen atoms in total. The molecule has 96 valence electrons. The van der Waals surface area contributed by atoms with Crippen LogP contribution in [0.2, 0.25) is 0 Å². The van der Waals surface area contributed by atoms with Crippen molar-refractivity contribution in [2.75, 3.05) is 5.32 Å². The van der Waals surface area contributed by atoms with Gasteiger partial charge in [0.05, 0.1) is 5.69 Å². The van der Waals surface area contributed by atoms with Gasteiger partial charge < -0.3 is 5.32 Å². The van der Waals surface area contributed by atoms with Crippen LogP contribution in [-0.4, -0.2) is 5.91 Å². The summed E-state index contributed by atoms with van der Waals surface area (Å²) in [6, 6.07) is 6.04. The first-order valence-electron chi connectivity index (χ1n) is 6.70. The molecule has 0 saturated heterocycles. The number of anilines is 1. The van der Waals surface area contributed by atoms with E-state index in [0.29, 0.717) is 5.92 Å². The van der Waals surface area contributed by atoms with Gasteiger partial charge in [-0.3, -0.25) is 4.79 Å². The Hall–Kier alpha value is -0.830. The number of hydrogen-bond donors (Lipinski definition) is 1. The molecule has 3 rings (SSSR count). The summed E-state index contributed by atoms with van der Waals surface area (Å²) in [5.74, 6) is 1.91. The number of carbonyl (C=O) groups excluding carboxylic acids is 1. The molecule has 0 spiro atoms. The van der Waals surface area contributed by atoms with Gasteiger partial charge in [0, 0.05) is 10.4 Å². The maximum atomic E-state index is 12.3. The fraction of sp³-hybridized carbons (Fsp3) is 0.533. The van der Waals surface area contributed by atoms with E-state index < -0.39 is 0 Å². The Balaban J connectivity index is 1.71. The Bertz CT molecular complexity index is 485. The largest absolute Gasteiger partial charge is 0.325 e. The highest BCUT2D eigenvalue weighted by atomic mass is 79.9. The van der Waals surface area contributed by atoms with Crippen LogP contribution in [0.4, 0.5) is 5.69 Å². The molecule has 0 heterocycles. The lowest BCUT2D eigenvalue weighted by Crippen LogP contribution is -2.27. The summed E-state index contributed by atoms with van der Waals surface area (Å²) in [6.07, 6.45) is 4.95. The van der Waals surface area contributed by atoms with Crippen molar-refractivity contribution in [1.82, 2.24) is 0 Å². The van der Waals surface area contributed by atoms with Crippen LogP contribution in [0.5, 0.6) is 0 Å². The minimum Gasteiger partial charge on any atom is -0.325 e. The minimum absolute atomic E-state index is 0.215. The summed E-state index contributed by atoms with van der Waals surface area (Å²) < 4.78 is 0.971. The van der Waals surface area contributed by atoms with Crippen molar-refractivity contribution in [1.29, 1.82) is 0 Å². The molecule has 2 fully saturated rings. The van der Waals surface area contributed by atoms with E-state index in [1.807, 2.05) is 25.1 Å². The number of benzene rings is 1. The second-order valence-electron chi connectivity index (χ2n) is 5.75. The summed E-state index contributed by atoms with van der Waals surface area (Å²) in [7, 11) is 0. The summed E-state index contributed by atoms with van der Waals surface area (Å²) in [5.41, 5.74) is 2.09. The highest BCUT2D eigenvalue weighted by molar-refractivity contribution is 9.10. The summed E-state index contributed by atoms with van der Waals surface area (Å²) in [6.45, 7) is 2.05. The quantitative estimate of drug-likeness (QED) is 0.874. The van der Waals surface area contributed by atoms with E-state index in [9.17, 15) is 4.79 Å². The molecular formula is C15H18BrNO. The average Bonchev–Trinajstić information content (AvgIpc) is 2.94. The molecule has 2 aliphatic rings. The van der Waals surface area contributed by atoms with Gasteiger partial charge in [0.2, 0.25) is 5.91 Å². The van der Waals surface area contributed by atoms with Crippen LogP contribution in [-0.2, 0) is 4.79 Å². The smallest absolute Gasteiger partial charge is 0.227 e. The Morgan fingerprint density at radius 1 is 1.33 bits per heavy atom. The first kappa shape index (κ1) is 12.2. The van der Waals surface area contributed by atoms with Crippen LogP contribution in [0, 0.1) is 24.7 Å². The first-order chi connectivity index (χ1) is 8.63. The maximum absolute atomic E-state index is 12.3. The molecule has 1 amide bonds. The van der Waals surface area contributed by atoms with Crippen molar-refractivity contribution in [3.05, 3.63) is 28.2 Å². The number of aryl methyl sites for hydroxylation is 1. The van der Waals surface area contributed by atoms with Gasteiger partial charge in [0.1, 0.15) is 0 Å². The van der Waals surface area contributed by atoms with Gasteiger partial charge in [-0.1, -0.05) is 12.5 Å². The molecule has 2 saturated carbocycles. The lowest BCUT2D eigenvalue weighted by molar-refractivity contribution is -0.121. The van der Waals surface area contributed by atoms with Crippen LogP contribution in [0.15, 0.2) is 22.7 Å². The number of rotatable bonds is 2. The predicted molar refractivity (Wildman–Crippen MR) is 76.4 cm³/mol. The molecule has 0 unspecified atom stereocenters. The summed E-state index contributed by atoms with van der Waals surface area (Å²) in [4.78, 5) is 12.3. The third kappa shape index (κ3) is 2.20. The number of amides is 1. The third-order valence-corrected chi connectivity index (χ3v) is 5.11. The Kier molecular flexibility index (Phi) is 3.18. The standard InChI is InChI=1S/C15H18BrNO/c1-9-2-5-14(13(16)6-9)17-15(18)12-8-10-3-4-11(12)7-10/h2,5-6,10-12H,3-4,7-8H2,1H3,(H,17,18)/t10-,11+,12-/m0/s1. The number of hydrogen-bond acceptors (Lipinski definition) is 1. The van der Waals surface area contributed by atoms with Crippen molar-refractivity contribution in [3.8, 4) is 0 Å². The number of fused-ring (bicyclic) bond motifs is 2. The van der Waals surface area contributed by atoms with E-state index in [1.54, 1.807) is 0 Å². The van der Waals surface area contributed by atoms with Crippen molar-refractivity contribution < 1.29 is 4.79 Å². The molecule has 1 aromatic carbocycles. The van der Waals surface area contributed by atoms with Crippen LogP contribution in [0.3, 0.4) is 0 Å². The molecule has 1 N–H and O–H groups in total. The SMILES string of the molecule is Cc1ccc(NC(=O)[C@H]2C[C@H]3CC[C@@H]2C3)c(Br)c1.